The summed E-state index contributed by atoms with van der Waals surface area (Å²) in [4.78, 5) is 27.5. The van der Waals surface area contributed by atoms with Crippen LogP contribution in [0.25, 0.3) is 0 Å². The molecule has 0 saturated carbocycles. The van der Waals surface area contributed by atoms with Gasteiger partial charge in [-0.2, -0.15) is 0 Å². The highest BCUT2D eigenvalue weighted by atomic mass is 32.2. The molecule has 27 heavy (non-hydrogen) atoms. The summed E-state index contributed by atoms with van der Waals surface area (Å²) in [6.45, 7) is 11.6. The topological polar surface area (TPSA) is 67.9 Å². The lowest BCUT2D eigenvalue weighted by Gasteiger charge is -2.50. The SMILES string of the molecule is CSc1ccccc1C1(NC(=O)OC(C)(C)C)CN(C(=O)OC(C)(C)C)C1. The molecule has 1 aliphatic rings. The van der Waals surface area contributed by atoms with Gasteiger partial charge in [-0.15, -0.1) is 11.8 Å². The summed E-state index contributed by atoms with van der Waals surface area (Å²) >= 11 is 1.60. The number of hydrogen-bond acceptors (Lipinski definition) is 5. The number of alkyl carbamates (subject to hydrolysis) is 1. The number of amides is 2. The van der Waals surface area contributed by atoms with Crippen LogP contribution in [0.3, 0.4) is 0 Å². The maximum Gasteiger partial charge on any atom is 0.410 e. The minimum absolute atomic E-state index is 0.332. The lowest BCUT2D eigenvalue weighted by atomic mass is 9.82. The van der Waals surface area contributed by atoms with E-state index in [9.17, 15) is 9.59 Å². The Kier molecular flexibility index (Phi) is 6.04. The minimum Gasteiger partial charge on any atom is -0.444 e. The Labute approximate surface area is 166 Å². The van der Waals surface area contributed by atoms with Gasteiger partial charge in [0.05, 0.1) is 13.1 Å². The molecule has 0 aromatic heterocycles. The van der Waals surface area contributed by atoms with Crippen molar-refractivity contribution in [2.45, 2.75) is 63.2 Å². The zero-order valence-corrected chi connectivity index (χ0v) is 18.0. The fourth-order valence-corrected chi connectivity index (χ4v) is 3.61. The molecule has 1 aromatic carbocycles. The zero-order chi connectivity index (χ0) is 20.5. The summed E-state index contributed by atoms with van der Waals surface area (Å²) < 4.78 is 10.9. The van der Waals surface area contributed by atoms with E-state index in [0.29, 0.717) is 13.1 Å². The predicted octanol–water partition coefficient (Wildman–Crippen LogP) is 4.38. The Hall–Kier alpha value is -1.89. The van der Waals surface area contributed by atoms with Crippen LogP contribution in [0.5, 0.6) is 0 Å². The second-order valence-electron chi connectivity index (χ2n) is 8.75. The summed E-state index contributed by atoms with van der Waals surface area (Å²) in [6.07, 6.45) is 1.11. The van der Waals surface area contributed by atoms with Crippen LogP contribution in [0.15, 0.2) is 29.2 Å². The monoisotopic (exact) mass is 394 g/mol. The molecule has 6 nitrogen and oxygen atoms in total. The van der Waals surface area contributed by atoms with Gasteiger partial charge < -0.3 is 19.7 Å². The van der Waals surface area contributed by atoms with Crippen LogP contribution in [-0.4, -0.2) is 47.6 Å². The Balaban J connectivity index is 2.24. The van der Waals surface area contributed by atoms with E-state index in [1.54, 1.807) is 16.7 Å². The minimum atomic E-state index is -0.696. The summed E-state index contributed by atoms with van der Waals surface area (Å²) in [5, 5.41) is 3.00. The molecule has 0 radical (unpaired) electrons. The van der Waals surface area contributed by atoms with Crippen LogP contribution in [0.4, 0.5) is 9.59 Å². The fraction of sp³-hybridized carbons (Fsp3) is 0.600. The van der Waals surface area contributed by atoms with Crippen LogP contribution < -0.4 is 5.32 Å². The predicted molar refractivity (Wildman–Crippen MR) is 107 cm³/mol. The van der Waals surface area contributed by atoms with E-state index in [2.05, 4.69) is 5.32 Å². The van der Waals surface area contributed by atoms with E-state index in [4.69, 9.17) is 9.47 Å². The fourth-order valence-electron chi connectivity index (χ4n) is 2.92. The molecule has 7 heteroatoms. The average molecular weight is 395 g/mol. The van der Waals surface area contributed by atoms with Crippen LogP contribution in [-0.2, 0) is 15.0 Å². The van der Waals surface area contributed by atoms with Gasteiger partial charge in [-0.25, -0.2) is 9.59 Å². The number of carbonyl (C=O) groups is 2. The Morgan fingerprint density at radius 3 is 2.11 bits per heavy atom. The molecule has 2 rings (SSSR count). The highest BCUT2D eigenvalue weighted by Crippen LogP contribution is 2.38. The number of nitrogens with one attached hydrogen (secondary N) is 1. The van der Waals surface area contributed by atoms with E-state index in [-0.39, 0.29) is 6.09 Å². The van der Waals surface area contributed by atoms with Crippen LogP contribution in [0, 0.1) is 0 Å². The first-order valence-electron chi connectivity index (χ1n) is 8.98. The standard InChI is InChI=1S/C20H30N2O4S/c1-18(2,3)25-16(23)21-20(14-10-8-9-11-15(14)27-7)12-22(13-20)17(24)26-19(4,5)6/h8-11H,12-13H2,1-7H3,(H,21,23). The van der Waals surface area contributed by atoms with Gasteiger partial charge in [-0.1, -0.05) is 18.2 Å². The van der Waals surface area contributed by atoms with Crippen molar-refractivity contribution in [3.63, 3.8) is 0 Å². The van der Waals surface area contributed by atoms with Crippen LogP contribution in [0.2, 0.25) is 0 Å². The van der Waals surface area contributed by atoms with Gasteiger partial charge in [0.1, 0.15) is 16.7 Å². The molecule has 1 saturated heterocycles. The van der Waals surface area contributed by atoms with Crippen LogP contribution in [0.1, 0.15) is 47.1 Å². The molecule has 1 aromatic rings. The number of thioether (sulfide) groups is 1. The van der Waals surface area contributed by atoms with Crippen molar-refractivity contribution in [3.05, 3.63) is 29.8 Å². The third kappa shape index (κ3) is 5.54. The normalized spacial score (nSPS) is 16.3. The number of carbonyl (C=O) groups excluding carboxylic acids is 2. The average Bonchev–Trinajstić information content (AvgIpc) is 2.46. The van der Waals surface area contributed by atoms with Crippen molar-refractivity contribution in [1.82, 2.24) is 10.2 Å². The quantitative estimate of drug-likeness (QED) is 0.771. The summed E-state index contributed by atoms with van der Waals surface area (Å²) in [5.41, 5.74) is -0.883. The number of rotatable bonds is 3. The summed E-state index contributed by atoms with van der Waals surface area (Å²) in [5.74, 6) is 0. The third-order valence-corrected chi connectivity index (χ3v) is 4.73. The van der Waals surface area contributed by atoms with Gasteiger partial charge >= 0.3 is 12.2 Å². The van der Waals surface area contributed by atoms with Crippen molar-refractivity contribution in [2.75, 3.05) is 19.3 Å². The van der Waals surface area contributed by atoms with Crippen molar-refractivity contribution in [3.8, 4) is 0 Å². The Bertz CT molecular complexity index is 701. The molecule has 0 atom stereocenters. The van der Waals surface area contributed by atoms with Gasteiger partial charge in [0.2, 0.25) is 0 Å². The molecule has 2 amide bonds. The van der Waals surface area contributed by atoms with Gasteiger partial charge in [-0.05, 0) is 59.4 Å². The molecule has 0 bridgehead atoms. The van der Waals surface area contributed by atoms with Crippen molar-refractivity contribution in [1.29, 1.82) is 0 Å². The van der Waals surface area contributed by atoms with Gasteiger partial charge in [0.15, 0.2) is 0 Å². The van der Waals surface area contributed by atoms with E-state index in [1.165, 1.54) is 0 Å². The third-order valence-electron chi connectivity index (χ3n) is 3.94. The molecule has 1 aliphatic heterocycles. The number of hydrogen-bond donors (Lipinski definition) is 1. The molecule has 1 heterocycles. The molecule has 0 spiro atoms. The molecule has 0 unspecified atom stereocenters. The number of nitrogens with zero attached hydrogens (tertiary/aromatic N) is 1. The van der Waals surface area contributed by atoms with Crippen molar-refractivity contribution < 1.29 is 19.1 Å². The first-order chi connectivity index (χ1) is 12.4. The van der Waals surface area contributed by atoms with Gasteiger partial charge in [-0.3, -0.25) is 0 Å². The molecule has 1 N–H and O–H groups in total. The Morgan fingerprint density at radius 1 is 1.04 bits per heavy atom. The number of ether oxygens (including phenoxy) is 2. The van der Waals surface area contributed by atoms with Crippen molar-refractivity contribution in [2.24, 2.45) is 0 Å². The first kappa shape index (κ1) is 21.4. The maximum atomic E-state index is 12.5. The smallest absolute Gasteiger partial charge is 0.410 e. The zero-order valence-electron chi connectivity index (χ0n) is 17.2. The van der Waals surface area contributed by atoms with E-state index < -0.39 is 22.8 Å². The maximum absolute atomic E-state index is 12.5. The molecular formula is C20H30N2O4S. The summed E-state index contributed by atoms with van der Waals surface area (Å²) in [6, 6.07) is 7.88. The lowest BCUT2D eigenvalue weighted by molar-refractivity contribution is -0.0236. The molecule has 1 fully saturated rings. The molecule has 0 aliphatic carbocycles. The lowest BCUT2D eigenvalue weighted by Crippen LogP contribution is -2.69. The van der Waals surface area contributed by atoms with Gasteiger partial charge in [0.25, 0.3) is 0 Å². The van der Waals surface area contributed by atoms with Gasteiger partial charge in [0, 0.05) is 4.90 Å². The van der Waals surface area contributed by atoms with E-state index >= 15 is 0 Å². The highest BCUT2D eigenvalue weighted by molar-refractivity contribution is 7.98. The molecular weight excluding hydrogens is 364 g/mol. The largest absolute Gasteiger partial charge is 0.444 e. The second kappa shape index (κ2) is 7.62. The summed E-state index contributed by atoms with van der Waals surface area (Å²) in [7, 11) is 0. The van der Waals surface area contributed by atoms with Crippen LogP contribution >= 0.6 is 11.8 Å². The van der Waals surface area contributed by atoms with E-state index in [1.807, 2.05) is 72.1 Å². The molecule has 150 valence electrons. The second-order valence-corrected chi connectivity index (χ2v) is 9.59. The first-order valence-corrected chi connectivity index (χ1v) is 10.2. The van der Waals surface area contributed by atoms with E-state index in [0.717, 1.165) is 10.5 Å². The highest BCUT2D eigenvalue weighted by Gasteiger charge is 2.50. The van der Waals surface area contributed by atoms with Crippen molar-refractivity contribution >= 4 is 23.9 Å². The number of benzene rings is 1. The Morgan fingerprint density at radius 2 is 1.59 bits per heavy atom. The number of likely N-dealkylation sites (tertiary alicyclic amines) is 1.